The zero-order valence-corrected chi connectivity index (χ0v) is 16.4. The monoisotopic (exact) mass is 381 g/mol. The van der Waals surface area contributed by atoms with Crippen molar-refractivity contribution in [3.63, 3.8) is 0 Å². The summed E-state index contributed by atoms with van der Waals surface area (Å²) in [6, 6.07) is 17.5. The quantitative estimate of drug-likeness (QED) is 0.530. The molecule has 0 unspecified atom stereocenters. The maximum absolute atomic E-state index is 12.8. The number of amidine groups is 1. The van der Waals surface area contributed by atoms with Crippen LogP contribution in [0, 0.1) is 0 Å². The van der Waals surface area contributed by atoms with E-state index in [9.17, 15) is 4.79 Å². The standard InChI is InChI=1S/C21H23N3O2S/c1-3-7-19-20(25)24(15-17-10-12-18(26-2)13-11-17)21(27-19)23-22-14-16-8-5-4-6-9-16/h4-6,8-14,19H,3,7,15H2,1-2H3/b22-14-,23-21-/t19-/m1/s1. The van der Waals surface area contributed by atoms with E-state index >= 15 is 0 Å². The fourth-order valence-corrected chi connectivity index (χ4v) is 3.99. The first kappa shape index (κ1) is 19.2. The summed E-state index contributed by atoms with van der Waals surface area (Å²) in [5.74, 6) is 0.900. The van der Waals surface area contributed by atoms with Crippen LogP contribution in [0.4, 0.5) is 0 Å². The molecule has 3 rings (SSSR count). The molecule has 1 saturated heterocycles. The van der Waals surface area contributed by atoms with Crippen LogP contribution in [0.1, 0.15) is 30.9 Å². The molecule has 1 aliphatic rings. The van der Waals surface area contributed by atoms with Crippen LogP contribution < -0.4 is 4.74 Å². The molecule has 2 aromatic carbocycles. The third-order valence-corrected chi connectivity index (χ3v) is 5.46. The maximum atomic E-state index is 12.8. The predicted octanol–water partition coefficient (Wildman–Crippen LogP) is 4.33. The van der Waals surface area contributed by atoms with Gasteiger partial charge in [-0.15, -0.1) is 5.10 Å². The number of benzene rings is 2. The highest BCUT2D eigenvalue weighted by molar-refractivity contribution is 8.15. The Balaban J connectivity index is 1.78. The van der Waals surface area contributed by atoms with E-state index in [4.69, 9.17) is 4.74 Å². The molecule has 0 aromatic heterocycles. The molecule has 0 radical (unpaired) electrons. The summed E-state index contributed by atoms with van der Waals surface area (Å²) < 4.78 is 5.20. The van der Waals surface area contributed by atoms with Crippen molar-refractivity contribution >= 4 is 29.1 Å². The Hall–Kier alpha value is -2.60. The molecule has 1 amide bonds. The number of nitrogens with zero attached hydrogens (tertiary/aromatic N) is 3. The lowest BCUT2D eigenvalue weighted by Crippen LogP contribution is -2.31. The highest BCUT2D eigenvalue weighted by Crippen LogP contribution is 2.31. The number of carbonyl (C=O) groups is 1. The van der Waals surface area contributed by atoms with Gasteiger partial charge in [0.25, 0.3) is 0 Å². The number of carbonyl (C=O) groups excluding carboxylic acids is 1. The molecule has 0 bridgehead atoms. The van der Waals surface area contributed by atoms with Gasteiger partial charge in [0.2, 0.25) is 5.91 Å². The minimum atomic E-state index is -0.0843. The van der Waals surface area contributed by atoms with Crippen LogP contribution in [0.15, 0.2) is 64.8 Å². The van der Waals surface area contributed by atoms with Gasteiger partial charge < -0.3 is 4.74 Å². The van der Waals surface area contributed by atoms with E-state index in [0.717, 1.165) is 29.7 Å². The van der Waals surface area contributed by atoms with Crippen molar-refractivity contribution in [2.45, 2.75) is 31.6 Å². The summed E-state index contributed by atoms with van der Waals surface area (Å²) in [6.45, 7) is 2.57. The van der Waals surface area contributed by atoms with Crippen molar-refractivity contribution in [1.82, 2.24) is 4.90 Å². The number of rotatable bonds is 7. The van der Waals surface area contributed by atoms with E-state index < -0.39 is 0 Å². The molecule has 2 aromatic rings. The number of hydrogen-bond donors (Lipinski definition) is 0. The molecule has 5 nitrogen and oxygen atoms in total. The number of ether oxygens (including phenoxy) is 1. The zero-order chi connectivity index (χ0) is 19.1. The highest BCUT2D eigenvalue weighted by atomic mass is 32.2. The van der Waals surface area contributed by atoms with Crippen molar-refractivity contribution in [3.05, 3.63) is 65.7 Å². The van der Waals surface area contributed by atoms with E-state index in [-0.39, 0.29) is 11.2 Å². The lowest BCUT2D eigenvalue weighted by atomic mass is 10.2. The van der Waals surface area contributed by atoms with Gasteiger partial charge in [-0.2, -0.15) is 5.10 Å². The molecule has 0 aliphatic carbocycles. The summed E-state index contributed by atoms with van der Waals surface area (Å²) in [5.41, 5.74) is 2.00. The third-order valence-electron chi connectivity index (χ3n) is 4.22. The Kier molecular flexibility index (Phi) is 6.65. The van der Waals surface area contributed by atoms with E-state index in [1.807, 2.05) is 54.6 Å². The molecule has 27 heavy (non-hydrogen) atoms. The van der Waals surface area contributed by atoms with Crippen LogP contribution in [0.3, 0.4) is 0 Å². The van der Waals surface area contributed by atoms with Gasteiger partial charge in [-0.3, -0.25) is 9.69 Å². The van der Waals surface area contributed by atoms with Crippen LogP contribution in [0.2, 0.25) is 0 Å². The summed E-state index contributed by atoms with van der Waals surface area (Å²) in [6.07, 6.45) is 3.50. The van der Waals surface area contributed by atoms with E-state index in [0.29, 0.717) is 11.7 Å². The van der Waals surface area contributed by atoms with Gasteiger partial charge in [0.15, 0.2) is 5.17 Å². The number of thioether (sulfide) groups is 1. The van der Waals surface area contributed by atoms with Gasteiger partial charge in [-0.25, -0.2) is 0 Å². The van der Waals surface area contributed by atoms with Crippen molar-refractivity contribution in [2.24, 2.45) is 10.2 Å². The average molecular weight is 382 g/mol. The molecular weight excluding hydrogens is 358 g/mol. The third kappa shape index (κ3) is 4.98. The van der Waals surface area contributed by atoms with Crippen molar-refractivity contribution in [2.75, 3.05) is 7.11 Å². The van der Waals surface area contributed by atoms with Gasteiger partial charge in [-0.1, -0.05) is 67.6 Å². The normalized spacial score (nSPS) is 18.6. The van der Waals surface area contributed by atoms with Crippen LogP contribution in [-0.4, -0.2) is 34.5 Å². The Labute approximate surface area is 164 Å². The molecular formula is C21H23N3O2S. The number of hydrogen-bond acceptors (Lipinski definition) is 5. The molecule has 0 spiro atoms. The first-order chi connectivity index (χ1) is 13.2. The maximum Gasteiger partial charge on any atom is 0.242 e. The zero-order valence-electron chi connectivity index (χ0n) is 15.5. The van der Waals surface area contributed by atoms with Gasteiger partial charge >= 0.3 is 0 Å². The van der Waals surface area contributed by atoms with Gasteiger partial charge in [0, 0.05) is 0 Å². The summed E-state index contributed by atoms with van der Waals surface area (Å²) >= 11 is 1.50. The van der Waals surface area contributed by atoms with Crippen molar-refractivity contribution < 1.29 is 9.53 Å². The average Bonchev–Trinajstić information content (AvgIpc) is 2.99. The second-order valence-electron chi connectivity index (χ2n) is 6.21. The largest absolute Gasteiger partial charge is 0.497 e. The fourth-order valence-electron chi connectivity index (χ4n) is 2.77. The summed E-state index contributed by atoms with van der Waals surface area (Å²) in [4.78, 5) is 14.5. The molecule has 0 saturated carbocycles. The lowest BCUT2D eigenvalue weighted by Gasteiger charge is -2.16. The second kappa shape index (κ2) is 9.37. The van der Waals surface area contributed by atoms with Crippen LogP contribution >= 0.6 is 11.8 Å². The molecule has 0 N–H and O–H groups in total. The van der Waals surface area contributed by atoms with Crippen molar-refractivity contribution in [1.29, 1.82) is 0 Å². The van der Waals surface area contributed by atoms with Gasteiger partial charge in [-0.05, 0) is 29.7 Å². The van der Waals surface area contributed by atoms with E-state index in [1.165, 1.54) is 11.8 Å². The molecule has 6 heteroatoms. The number of amides is 1. The second-order valence-corrected chi connectivity index (χ2v) is 7.38. The van der Waals surface area contributed by atoms with Crippen molar-refractivity contribution in [3.8, 4) is 5.75 Å². The Bertz CT molecular complexity index is 819. The van der Waals surface area contributed by atoms with Crippen LogP contribution in [0.5, 0.6) is 5.75 Å². The Morgan fingerprint density at radius 2 is 1.89 bits per heavy atom. The Morgan fingerprint density at radius 3 is 2.56 bits per heavy atom. The summed E-state index contributed by atoms with van der Waals surface area (Å²) in [5, 5.41) is 9.11. The lowest BCUT2D eigenvalue weighted by molar-refractivity contribution is -0.126. The topological polar surface area (TPSA) is 54.3 Å². The van der Waals surface area contributed by atoms with E-state index in [2.05, 4.69) is 17.1 Å². The minimum Gasteiger partial charge on any atom is -0.497 e. The Morgan fingerprint density at radius 1 is 1.15 bits per heavy atom. The first-order valence-electron chi connectivity index (χ1n) is 8.98. The fraction of sp³-hybridized carbons (Fsp3) is 0.286. The van der Waals surface area contributed by atoms with Crippen LogP contribution in [0.25, 0.3) is 0 Å². The SMILES string of the molecule is CCC[C@H]1S/C(=N\N=C/c2ccccc2)N(Cc2ccc(OC)cc2)C1=O. The molecule has 1 aliphatic heterocycles. The van der Waals surface area contributed by atoms with Crippen LogP contribution in [-0.2, 0) is 11.3 Å². The summed E-state index contributed by atoms with van der Waals surface area (Å²) in [7, 11) is 1.64. The highest BCUT2D eigenvalue weighted by Gasteiger charge is 2.37. The first-order valence-corrected chi connectivity index (χ1v) is 9.86. The molecule has 1 atom stereocenters. The smallest absolute Gasteiger partial charge is 0.242 e. The van der Waals surface area contributed by atoms with E-state index in [1.54, 1.807) is 18.2 Å². The molecule has 140 valence electrons. The molecule has 1 fully saturated rings. The van der Waals surface area contributed by atoms with Gasteiger partial charge in [0.1, 0.15) is 5.75 Å². The van der Waals surface area contributed by atoms with Gasteiger partial charge in [0.05, 0.1) is 25.1 Å². The number of methoxy groups -OCH3 is 1. The minimum absolute atomic E-state index is 0.0843. The molecule has 1 heterocycles. The predicted molar refractivity (Wildman–Crippen MR) is 111 cm³/mol.